The van der Waals surface area contributed by atoms with Crippen molar-refractivity contribution in [2.24, 2.45) is 0 Å². The number of rotatable bonds is 7. The second-order valence-corrected chi connectivity index (χ2v) is 8.07. The van der Waals surface area contributed by atoms with Gasteiger partial charge in [0.15, 0.2) is 5.16 Å². The van der Waals surface area contributed by atoms with Gasteiger partial charge in [-0.15, -0.1) is 5.10 Å². The number of hydrogen-bond donors (Lipinski definition) is 2. The number of carbonyl (C=O) groups is 1. The molecule has 1 fully saturated rings. The third-order valence-electron chi connectivity index (χ3n) is 4.29. The summed E-state index contributed by atoms with van der Waals surface area (Å²) in [6, 6.07) is 5.03. The summed E-state index contributed by atoms with van der Waals surface area (Å²) in [6.45, 7) is 3.03. The van der Waals surface area contributed by atoms with Crippen LogP contribution in [-0.2, 0) is 16.1 Å². The fourth-order valence-electron chi connectivity index (χ4n) is 2.84. The number of aromatic nitrogens is 3. The van der Waals surface area contributed by atoms with Crippen molar-refractivity contribution in [3.8, 4) is 0 Å². The largest absolute Gasteiger partial charge is 0.376 e. The lowest BCUT2D eigenvalue weighted by Gasteiger charge is -2.15. The molecule has 0 unspecified atom stereocenters. The fourth-order valence-corrected chi connectivity index (χ4v) is 3.92. The molecule has 146 valence electrons. The van der Waals surface area contributed by atoms with Gasteiger partial charge in [0.25, 0.3) is 0 Å². The average molecular weight is 431 g/mol. The number of H-pyrrole nitrogens is 1. The van der Waals surface area contributed by atoms with Gasteiger partial charge in [-0.2, -0.15) is 0 Å². The van der Waals surface area contributed by atoms with E-state index < -0.39 is 0 Å². The molecular formula is C17H20Cl2N4O3S. The Balaban J connectivity index is 1.56. The second kappa shape index (κ2) is 9.14. The predicted molar refractivity (Wildman–Crippen MR) is 106 cm³/mol. The van der Waals surface area contributed by atoms with E-state index in [4.69, 9.17) is 27.9 Å². The van der Waals surface area contributed by atoms with Crippen molar-refractivity contribution in [2.45, 2.75) is 43.6 Å². The van der Waals surface area contributed by atoms with Crippen molar-refractivity contribution < 1.29 is 9.53 Å². The van der Waals surface area contributed by atoms with E-state index in [0.29, 0.717) is 21.7 Å². The van der Waals surface area contributed by atoms with Crippen LogP contribution >= 0.6 is 35.0 Å². The standard InChI is InChI=1S/C17H20Cl2N4O3S/c1-10(11-4-5-13(18)14(19)7-11)20-15(24)9-27-17-22-21-16(25)23(17)8-12-3-2-6-26-12/h4-5,7,10,12H,2-3,6,8-9H2,1H3,(H,20,24)(H,21,25)/t10-,12-/m1/s1. The van der Waals surface area contributed by atoms with Gasteiger partial charge in [-0.25, -0.2) is 9.89 Å². The summed E-state index contributed by atoms with van der Waals surface area (Å²) >= 11 is 13.1. The summed E-state index contributed by atoms with van der Waals surface area (Å²) in [6.07, 6.45) is 1.93. The smallest absolute Gasteiger partial charge is 0.344 e. The minimum Gasteiger partial charge on any atom is -0.376 e. The third-order valence-corrected chi connectivity index (χ3v) is 6.00. The van der Waals surface area contributed by atoms with E-state index in [9.17, 15) is 9.59 Å². The lowest BCUT2D eigenvalue weighted by atomic mass is 10.1. The highest BCUT2D eigenvalue weighted by molar-refractivity contribution is 7.99. The van der Waals surface area contributed by atoms with Crippen LogP contribution in [0.3, 0.4) is 0 Å². The number of halogens is 2. The predicted octanol–water partition coefficient (Wildman–Crippen LogP) is 3.03. The fraction of sp³-hybridized carbons (Fsp3) is 0.471. The van der Waals surface area contributed by atoms with E-state index in [1.807, 2.05) is 13.0 Å². The molecule has 1 aliphatic rings. The summed E-state index contributed by atoms with van der Waals surface area (Å²) < 4.78 is 7.10. The molecule has 0 bridgehead atoms. The van der Waals surface area contributed by atoms with Gasteiger partial charge >= 0.3 is 5.69 Å². The molecule has 3 rings (SSSR count). The molecule has 2 atom stereocenters. The van der Waals surface area contributed by atoms with Crippen molar-refractivity contribution in [3.63, 3.8) is 0 Å². The number of benzene rings is 1. The maximum atomic E-state index is 12.3. The van der Waals surface area contributed by atoms with Crippen LogP contribution in [-0.4, -0.2) is 39.1 Å². The Labute approximate surface area is 170 Å². The first kappa shape index (κ1) is 20.3. The van der Waals surface area contributed by atoms with Crippen molar-refractivity contribution >= 4 is 40.9 Å². The lowest BCUT2D eigenvalue weighted by molar-refractivity contribution is -0.119. The zero-order valence-corrected chi connectivity index (χ0v) is 17.0. The number of carbonyl (C=O) groups excluding carboxylic acids is 1. The SMILES string of the molecule is C[C@@H](NC(=O)CSc1n[nH]c(=O)n1C[C@H]1CCCO1)c1ccc(Cl)c(Cl)c1. The topological polar surface area (TPSA) is 89.0 Å². The minimum atomic E-state index is -0.294. The maximum Gasteiger partial charge on any atom is 0.344 e. The highest BCUT2D eigenvalue weighted by Gasteiger charge is 2.20. The molecule has 1 saturated heterocycles. The first-order valence-corrected chi connectivity index (χ1v) is 10.3. The average Bonchev–Trinajstić information content (AvgIpc) is 3.27. The molecule has 1 aromatic heterocycles. The van der Waals surface area contributed by atoms with E-state index in [2.05, 4.69) is 15.5 Å². The van der Waals surface area contributed by atoms with Gasteiger partial charge in [-0.05, 0) is 37.5 Å². The normalized spacial score (nSPS) is 17.8. The third kappa shape index (κ3) is 5.28. The molecular weight excluding hydrogens is 411 g/mol. The quantitative estimate of drug-likeness (QED) is 0.658. The number of aromatic amines is 1. The minimum absolute atomic E-state index is 0.0168. The number of nitrogens with one attached hydrogen (secondary N) is 2. The molecule has 0 saturated carbocycles. The maximum absolute atomic E-state index is 12.3. The Hall–Kier alpha value is -1.48. The van der Waals surface area contributed by atoms with E-state index in [0.717, 1.165) is 25.0 Å². The number of nitrogens with zero attached hydrogens (tertiary/aromatic N) is 2. The van der Waals surface area contributed by atoms with Gasteiger partial charge in [0, 0.05) is 6.61 Å². The second-order valence-electron chi connectivity index (χ2n) is 6.31. The molecule has 1 amide bonds. The molecule has 0 aliphatic carbocycles. The molecule has 2 N–H and O–H groups in total. The molecule has 10 heteroatoms. The number of hydrogen-bond acceptors (Lipinski definition) is 5. The van der Waals surface area contributed by atoms with Gasteiger partial charge in [0.05, 0.1) is 34.5 Å². The summed E-state index contributed by atoms with van der Waals surface area (Å²) in [5.74, 6) is -0.0285. The van der Waals surface area contributed by atoms with E-state index >= 15 is 0 Å². The molecule has 2 aromatic rings. The van der Waals surface area contributed by atoms with Gasteiger partial charge in [-0.3, -0.25) is 9.36 Å². The Morgan fingerprint density at radius 2 is 2.30 bits per heavy atom. The molecule has 2 heterocycles. The van der Waals surface area contributed by atoms with E-state index in [1.54, 1.807) is 12.1 Å². The van der Waals surface area contributed by atoms with Crippen LogP contribution in [0, 0.1) is 0 Å². The zero-order chi connectivity index (χ0) is 19.4. The summed E-state index contributed by atoms with van der Waals surface area (Å²) in [4.78, 5) is 24.2. The monoisotopic (exact) mass is 430 g/mol. The lowest BCUT2D eigenvalue weighted by Crippen LogP contribution is -2.29. The van der Waals surface area contributed by atoms with Crippen molar-refractivity contribution in [2.75, 3.05) is 12.4 Å². The Morgan fingerprint density at radius 3 is 3.00 bits per heavy atom. The van der Waals surface area contributed by atoms with Crippen molar-refractivity contribution in [1.82, 2.24) is 20.1 Å². The van der Waals surface area contributed by atoms with Crippen LogP contribution in [0.25, 0.3) is 0 Å². The van der Waals surface area contributed by atoms with Crippen LogP contribution in [0.1, 0.15) is 31.4 Å². The molecule has 1 aliphatic heterocycles. The Morgan fingerprint density at radius 1 is 1.48 bits per heavy atom. The number of thioether (sulfide) groups is 1. The highest BCUT2D eigenvalue weighted by Crippen LogP contribution is 2.25. The van der Waals surface area contributed by atoms with Gasteiger partial charge in [0.1, 0.15) is 0 Å². The summed E-state index contributed by atoms with van der Waals surface area (Å²) in [5.41, 5.74) is 0.565. The first-order valence-electron chi connectivity index (χ1n) is 8.58. The van der Waals surface area contributed by atoms with Crippen LogP contribution in [0.15, 0.2) is 28.2 Å². The molecule has 7 nitrogen and oxygen atoms in total. The molecule has 0 spiro atoms. The van der Waals surface area contributed by atoms with Crippen molar-refractivity contribution in [1.29, 1.82) is 0 Å². The van der Waals surface area contributed by atoms with Crippen LogP contribution in [0.2, 0.25) is 10.0 Å². The van der Waals surface area contributed by atoms with Crippen molar-refractivity contribution in [3.05, 3.63) is 44.3 Å². The Bertz CT molecular complexity index is 864. The van der Waals surface area contributed by atoms with Gasteiger partial charge < -0.3 is 10.1 Å². The molecule has 1 aromatic carbocycles. The highest BCUT2D eigenvalue weighted by atomic mass is 35.5. The van der Waals surface area contributed by atoms with E-state index in [-0.39, 0.29) is 29.5 Å². The summed E-state index contributed by atoms with van der Waals surface area (Å²) in [5, 5.41) is 10.7. The summed E-state index contributed by atoms with van der Waals surface area (Å²) in [7, 11) is 0. The molecule has 27 heavy (non-hydrogen) atoms. The van der Waals surface area contributed by atoms with Crippen LogP contribution in [0.4, 0.5) is 0 Å². The molecule has 0 radical (unpaired) electrons. The zero-order valence-electron chi connectivity index (χ0n) is 14.7. The first-order chi connectivity index (χ1) is 12.9. The number of amides is 1. The van der Waals surface area contributed by atoms with E-state index in [1.165, 1.54) is 16.3 Å². The van der Waals surface area contributed by atoms with Gasteiger partial charge in [-0.1, -0.05) is 41.0 Å². The van der Waals surface area contributed by atoms with Gasteiger partial charge in [0.2, 0.25) is 5.91 Å². The van der Waals surface area contributed by atoms with Crippen LogP contribution in [0.5, 0.6) is 0 Å². The number of ether oxygens (including phenoxy) is 1. The Kier molecular flexibility index (Phi) is 6.86. The van der Waals surface area contributed by atoms with Crippen LogP contribution < -0.4 is 11.0 Å².